The SMILES string of the molecule is CC(C)(C)C(=O)N(CCOc1ccc(C[C@H](Nc2ccccc2C(=O)c2ccccc2)C(=O)O)cc1)c1ccccc1. The average molecular weight is 565 g/mol. The Bertz CT molecular complexity index is 1500. The topological polar surface area (TPSA) is 95.9 Å². The maximum absolute atomic E-state index is 13.1. The average Bonchev–Trinajstić information content (AvgIpc) is 2.99. The molecule has 0 saturated carbocycles. The van der Waals surface area contributed by atoms with Gasteiger partial charge < -0.3 is 20.1 Å². The van der Waals surface area contributed by atoms with Crippen LogP contribution in [0.2, 0.25) is 0 Å². The summed E-state index contributed by atoms with van der Waals surface area (Å²) < 4.78 is 5.94. The summed E-state index contributed by atoms with van der Waals surface area (Å²) in [5, 5.41) is 13.0. The van der Waals surface area contributed by atoms with E-state index in [0.717, 1.165) is 11.3 Å². The second kappa shape index (κ2) is 13.6. The van der Waals surface area contributed by atoms with Crippen molar-refractivity contribution in [1.29, 1.82) is 0 Å². The first-order valence-corrected chi connectivity index (χ1v) is 13.9. The number of nitrogens with one attached hydrogen (secondary N) is 1. The fourth-order valence-electron chi connectivity index (χ4n) is 4.51. The number of hydrogen-bond donors (Lipinski definition) is 2. The minimum Gasteiger partial charge on any atom is -0.492 e. The number of hydrogen-bond acceptors (Lipinski definition) is 5. The molecular formula is C35H36N2O5. The zero-order valence-corrected chi connectivity index (χ0v) is 24.1. The summed E-state index contributed by atoms with van der Waals surface area (Å²) in [5.74, 6) is -0.582. The Morgan fingerprint density at radius 1 is 0.810 bits per heavy atom. The Morgan fingerprint density at radius 2 is 1.40 bits per heavy atom. The zero-order chi connectivity index (χ0) is 30.1. The van der Waals surface area contributed by atoms with Crippen molar-refractivity contribution >= 4 is 29.0 Å². The van der Waals surface area contributed by atoms with E-state index in [0.29, 0.717) is 35.7 Å². The number of nitrogens with zero attached hydrogens (tertiary/aromatic N) is 1. The van der Waals surface area contributed by atoms with Gasteiger partial charge in [-0.25, -0.2) is 4.79 Å². The van der Waals surface area contributed by atoms with Gasteiger partial charge in [0.05, 0.1) is 6.54 Å². The first kappa shape index (κ1) is 30.1. The Kier molecular flexibility index (Phi) is 9.76. The summed E-state index contributed by atoms with van der Waals surface area (Å²) in [4.78, 5) is 40.1. The number of para-hydroxylation sites is 2. The van der Waals surface area contributed by atoms with Crippen LogP contribution in [0.1, 0.15) is 42.3 Å². The molecule has 42 heavy (non-hydrogen) atoms. The molecule has 0 aliphatic carbocycles. The Labute approximate surface area is 246 Å². The number of carbonyl (C=O) groups is 3. The number of aliphatic carboxylic acids is 1. The molecule has 216 valence electrons. The molecule has 0 radical (unpaired) electrons. The van der Waals surface area contributed by atoms with E-state index >= 15 is 0 Å². The molecule has 2 N–H and O–H groups in total. The molecule has 0 unspecified atom stereocenters. The highest BCUT2D eigenvalue weighted by molar-refractivity contribution is 6.12. The van der Waals surface area contributed by atoms with Crippen molar-refractivity contribution in [3.63, 3.8) is 0 Å². The van der Waals surface area contributed by atoms with Gasteiger partial charge in [-0.1, -0.05) is 93.6 Å². The smallest absolute Gasteiger partial charge is 0.326 e. The minimum absolute atomic E-state index is 0.00639. The number of rotatable bonds is 12. The standard InChI is InChI=1S/C35H36N2O5/c1-35(2,3)34(41)37(27-14-8-5-9-15-27)22-23-42-28-20-18-25(19-21-28)24-31(33(39)40)36-30-17-11-10-16-29(30)32(38)26-12-6-4-7-13-26/h4-21,31,36H,22-24H2,1-3H3,(H,39,40)/t31-/m0/s1. The molecule has 4 aromatic rings. The van der Waals surface area contributed by atoms with Gasteiger partial charge in [-0.05, 0) is 42.0 Å². The third-order valence-corrected chi connectivity index (χ3v) is 6.74. The third kappa shape index (κ3) is 7.85. The molecule has 0 aliphatic heterocycles. The molecule has 7 nitrogen and oxygen atoms in total. The number of benzene rings is 4. The zero-order valence-electron chi connectivity index (χ0n) is 24.1. The van der Waals surface area contributed by atoms with Crippen molar-refractivity contribution in [2.75, 3.05) is 23.4 Å². The van der Waals surface area contributed by atoms with Gasteiger partial charge in [-0.3, -0.25) is 9.59 Å². The molecule has 0 aliphatic rings. The molecule has 7 heteroatoms. The monoisotopic (exact) mass is 564 g/mol. The minimum atomic E-state index is -1.03. The van der Waals surface area contributed by atoms with Crippen molar-refractivity contribution in [1.82, 2.24) is 0 Å². The van der Waals surface area contributed by atoms with E-state index in [1.807, 2.05) is 69.3 Å². The number of anilines is 2. The lowest BCUT2D eigenvalue weighted by molar-refractivity contribution is -0.137. The van der Waals surface area contributed by atoms with Crippen LogP contribution in [0, 0.1) is 5.41 Å². The van der Waals surface area contributed by atoms with E-state index in [1.54, 1.807) is 65.6 Å². The maximum Gasteiger partial charge on any atom is 0.326 e. The number of amides is 1. The van der Waals surface area contributed by atoms with Gasteiger partial charge in [-0.15, -0.1) is 0 Å². The molecule has 4 aromatic carbocycles. The predicted octanol–water partition coefficient (Wildman–Crippen LogP) is 6.48. The molecule has 4 rings (SSSR count). The highest BCUT2D eigenvalue weighted by Crippen LogP contribution is 2.24. The van der Waals surface area contributed by atoms with Crippen LogP contribution in [-0.2, 0) is 16.0 Å². The lowest BCUT2D eigenvalue weighted by Gasteiger charge is -2.29. The van der Waals surface area contributed by atoms with E-state index in [-0.39, 0.29) is 18.1 Å². The van der Waals surface area contributed by atoms with E-state index in [4.69, 9.17) is 4.74 Å². The summed E-state index contributed by atoms with van der Waals surface area (Å²) in [7, 11) is 0. The molecule has 0 aromatic heterocycles. The van der Waals surface area contributed by atoms with Gasteiger partial charge in [0.1, 0.15) is 18.4 Å². The van der Waals surface area contributed by atoms with Crippen LogP contribution in [0.3, 0.4) is 0 Å². The van der Waals surface area contributed by atoms with Gasteiger partial charge >= 0.3 is 5.97 Å². The van der Waals surface area contributed by atoms with Crippen molar-refractivity contribution in [3.05, 3.63) is 126 Å². The molecule has 0 heterocycles. The lowest BCUT2D eigenvalue weighted by atomic mass is 9.94. The van der Waals surface area contributed by atoms with E-state index in [9.17, 15) is 19.5 Å². The van der Waals surface area contributed by atoms with Crippen LogP contribution in [0.5, 0.6) is 5.75 Å². The van der Waals surface area contributed by atoms with E-state index in [1.165, 1.54) is 0 Å². The summed E-state index contributed by atoms with van der Waals surface area (Å²) >= 11 is 0. The van der Waals surface area contributed by atoms with Crippen LogP contribution >= 0.6 is 0 Å². The Morgan fingerprint density at radius 3 is 2.02 bits per heavy atom. The van der Waals surface area contributed by atoms with Crippen molar-refractivity contribution in [2.45, 2.75) is 33.2 Å². The first-order chi connectivity index (χ1) is 20.1. The normalized spacial score (nSPS) is 11.8. The molecule has 1 atom stereocenters. The molecule has 0 fully saturated rings. The third-order valence-electron chi connectivity index (χ3n) is 6.74. The fraction of sp³-hybridized carbons (Fsp3) is 0.229. The highest BCUT2D eigenvalue weighted by atomic mass is 16.5. The second-order valence-electron chi connectivity index (χ2n) is 11.0. The molecule has 0 bridgehead atoms. The van der Waals surface area contributed by atoms with Gasteiger partial charge in [0, 0.05) is 34.3 Å². The largest absolute Gasteiger partial charge is 0.492 e. The number of ketones is 1. The van der Waals surface area contributed by atoms with Crippen molar-refractivity contribution in [3.8, 4) is 5.75 Å². The van der Waals surface area contributed by atoms with Crippen molar-refractivity contribution in [2.24, 2.45) is 5.41 Å². The molecular weight excluding hydrogens is 528 g/mol. The highest BCUT2D eigenvalue weighted by Gasteiger charge is 2.28. The van der Waals surface area contributed by atoms with Gasteiger partial charge in [0.25, 0.3) is 0 Å². The van der Waals surface area contributed by atoms with Gasteiger partial charge in [0.15, 0.2) is 5.78 Å². The number of carboxylic acid groups (broad SMARTS) is 1. The summed E-state index contributed by atoms with van der Waals surface area (Å²) in [6, 6.07) is 31.6. The summed E-state index contributed by atoms with van der Waals surface area (Å²) in [6.07, 6.45) is 0.200. The molecule has 0 saturated heterocycles. The Balaban J connectivity index is 1.40. The first-order valence-electron chi connectivity index (χ1n) is 13.9. The lowest BCUT2D eigenvalue weighted by Crippen LogP contribution is -2.41. The van der Waals surface area contributed by atoms with E-state index in [2.05, 4.69) is 5.32 Å². The van der Waals surface area contributed by atoms with Crippen LogP contribution in [0.4, 0.5) is 11.4 Å². The second-order valence-corrected chi connectivity index (χ2v) is 11.0. The number of carbonyl (C=O) groups excluding carboxylic acids is 2. The molecule has 1 amide bonds. The van der Waals surface area contributed by atoms with Crippen LogP contribution in [-0.4, -0.2) is 42.0 Å². The van der Waals surface area contributed by atoms with Crippen LogP contribution < -0.4 is 15.0 Å². The van der Waals surface area contributed by atoms with Gasteiger partial charge in [-0.2, -0.15) is 0 Å². The van der Waals surface area contributed by atoms with Crippen molar-refractivity contribution < 1.29 is 24.2 Å². The number of ether oxygens (including phenoxy) is 1. The summed E-state index contributed by atoms with van der Waals surface area (Å²) in [5.41, 5.74) is 2.48. The number of carboxylic acids is 1. The maximum atomic E-state index is 13.1. The quantitative estimate of drug-likeness (QED) is 0.191. The van der Waals surface area contributed by atoms with Gasteiger partial charge in [0.2, 0.25) is 5.91 Å². The van der Waals surface area contributed by atoms with Crippen LogP contribution in [0.15, 0.2) is 109 Å². The molecule has 0 spiro atoms. The summed E-state index contributed by atoms with van der Waals surface area (Å²) in [6.45, 7) is 6.35. The fourth-order valence-corrected chi connectivity index (χ4v) is 4.51. The Hall–Kier alpha value is -4.91. The van der Waals surface area contributed by atoms with E-state index < -0.39 is 17.4 Å². The van der Waals surface area contributed by atoms with Crippen LogP contribution in [0.25, 0.3) is 0 Å². The predicted molar refractivity (Wildman–Crippen MR) is 165 cm³/mol.